The molecule has 1 saturated carbocycles. The molecule has 74 valence electrons. The fourth-order valence-electron chi connectivity index (χ4n) is 2.85. The number of amides is 1. The van der Waals surface area contributed by atoms with Gasteiger partial charge in [-0.2, -0.15) is 0 Å². The Morgan fingerprint density at radius 2 is 1.92 bits per heavy atom. The number of hydrogen-bond donors (Lipinski definition) is 2. The van der Waals surface area contributed by atoms with Crippen molar-refractivity contribution in [2.45, 2.75) is 18.9 Å². The van der Waals surface area contributed by atoms with E-state index in [9.17, 15) is 4.79 Å². The van der Waals surface area contributed by atoms with Gasteiger partial charge >= 0.3 is 6.09 Å². The predicted octanol–water partition coefficient (Wildman–Crippen LogP) is 0.594. The summed E-state index contributed by atoms with van der Waals surface area (Å²) < 4.78 is 0. The molecule has 2 aliphatic rings. The van der Waals surface area contributed by atoms with Gasteiger partial charge in [-0.15, -0.1) is 0 Å². The molecule has 3 atom stereocenters. The Labute approximate surface area is 77.9 Å². The van der Waals surface area contributed by atoms with Gasteiger partial charge in [-0.05, 0) is 31.7 Å². The van der Waals surface area contributed by atoms with Crippen molar-refractivity contribution in [1.82, 2.24) is 10.2 Å². The summed E-state index contributed by atoms with van der Waals surface area (Å²) >= 11 is 0. The molecule has 0 spiro atoms. The lowest BCUT2D eigenvalue weighted by atomic mass is 9.93. The molecule has 0 aromatic heterocycles. The van der Waals surface area contributed by atoms with Crippen molar-refractivity contribution in [3.8, 4) is 0 Å². The molecule has 4 heteroatoms. The molecule has 1 amide bonds. The van der Waals surface area contributed by atoms with Crippen molar-refractivity contribution in [1.29, 1.82) is 0 Å². The zero-order valence-corrected chi connectivity index (χ0v) is 7.86. The minimum atomic E-state index is -0.758. The molecule has 0 aromatic carbocycles. The monoisotopic (exact) mass is 184 g/mol. The van der Waals surface area contributed by atoms with Crippen LogP contribution in [0, 0.1) is 11.8 Å². The van der Waals surface area contributed by atoms with Crippen molar-refractivity contribution in [2.75, 3.05) is 20.1 Å². The summed E-state index contributed by atoms with van der Waals surface area (Å²) in [5.41, 5.74) is 0. The summed E-state index contributed by atoms with van der Waals surface area (Å²) in [4.78, 5) is 12.3. The quantitative estimate of drug-likeness (QED) is 0.627. The third-order valence-corrected chi connectivity index (χ3v) is 3.44. The highest BCUT2D eigenvalue weighted by Crippen LogP contribution is 2.36. The minimum absolute atomic E-state index is 0.542. The molecule has 4 nitrogen and oxygen atoms in total. The van der Waals surface area contributed by atoms with E-state index in [0.717, 1.165) is 13.1 Å². The lowest BCUT2D eigenvalue weighted by Crippen LogP contribution is -2.51. The van der Waals surface area contributed by atoms with Gasteiger partial charge in [0.05, 0.1) is 0 Å². The van der Waals surface area contributed by atoms with Crippen LogP contribution in [0.1, 0.15) is 12.8 Å². The second-order valence-corrected chi connectivity index (χ2v) is 4.10. The zero-order chi connectivity index (χ0) is 9.42. The molecule has 2 fully saturated rings. The third kappa shape index (κ3) is 1.39. The van der Waals surface area contributed by atoms with Crippen LogP contribution in [0.3, 0.4) is 0 Å². The number of fused-ring (bicyclic) bond motifs is 2. The first kappa shape index (κ1) is 8.81. The Bertz CT molecular complexity index is 206. The molecular formula is C9H16N2O2. The maximum absolute atomic E-state index is 10.8. The Balaban J connectivity index is 2.06. The van der Waals surface area contributed by atoms with Gasteiger partial charge in [0.1, 0.15) is 0 Å². The van der Waals surface area contributed by atoms with Crippen LogP contribution in [0.5, 0.6) is 0 Å². The second kappa shape index (κ2) is 3.18. The first-order valence-corrected chi connectivity index (χ1v) is 4.87. The maximum Gasteiger partial charge on any atom is 0.407 e. The summed E-state index contributed by atoms with van der Waals surface area (Å²) in [5.74, 6) is 1.08. The van der Waals surface area contributed by atoms with E-state index in [0.29, 0.717) is 17.9 Å². The number of carbonyl (C=O) groups is 1. The van der Waals surface area contributed by atoms with E-state index >= 15 is 0 Å². The summed E-state index contributed by atoms with van der Waals surface area (Å²) in [7, 11) is 1.98. The second-order valence-electron chi connectivity index (χ2n) is 4.10. The van der Waals surface area contributed by atoms with E-state index in [-0.39, 0.29) is 0 Å². The molecule has 0 unspecified atom stereocenters. The number of likely N-dealkylation sites (tertiary alicyclic amines) is 1. The maximum atomic E-state index is 10.8. The molecule has 2 rings (SSSR count). The van der Waals surface area contributed by atoms with Crippen LogP contribution in [0.15, 0.2) is 0 Å². The number of rotatable bonds is 1. The molecular weight excluding hydrogens is 168 g/mol. The van der Waals surface area contributed by atoms with Gasteiger partial charge in [0.2, 0.25) is 0 Å². The average Bonchev–Trinajstić information content (AvgIpc) is 2.34. The number of nitrogens with one attached hydrogen (secondary N) is 1. The topological polar surface area (TPSA) is 52.6 Å². The zero-order valence-electron chi connectivity index (χ0n) is 7.86. The number of piperidine rings is 1. The van der Waals surface area contributed by atoms with E-state index in [4.69, 9.17) is 5.11 Å². The Morgan fingerprint density at radius 3 is 2.31 bits per heavy atom. The van der Waals surface area contributed by atoms with Crippen molar-refractivity contribution >= 4 is 6.09 Å². The van der Waals surface area contributed by atoms with Gasteiger partial charge < -0.3 is 15.3 Å². The number of hydrogen-bond acceptors (Lipinski definition) is 2. The van der Waals surface area contributed by atoms with Gasteiger partial charge in [-0.25, -0.2) is 4.79 Å². The Kier molecular flexibility index (Phi) is 2.15. The van der Waals surface area contributed by atoms with E-state index < -0.39 is 6.09 Å². The van der Waals surface area contributed by atoms with E-state index in [1.54, 1.807) is 4.90 Å². The first-order chi connectivity index (χ1) is 6.22. The van der Waals surface area contributed by atoms with E-state index in [2.05, 4.69) is 5.32 Å². The highest BCUT2D eigenvalue weighted by Gasteiger charge is 2.42. The SMILES string of the molecule is CN[C@@H]1[C@@H]2CC[C@H]1CN(C(=O)O)C2. The van der Waals surface area contributed by atoms with Gasteiger partial charge in [0.15, 0.2) is 0 Å². The molecule has 2 bridgehead atoms. The molecule has 2 N–H and O–H groups in total. The Morgan fingerprint density at radius 1 is 1.38 bits per heavy atom. The standard InChI is InChI=1S/C9H16N2O2/c1-10-8-6-2-3-7(8)5-11(4-6)9(12)13/h6-8,10H,2-5H2,1H3,(H,12,13)/t6-,7+,8-. The first-order valence-electron chi connectivity index (χ1n) is 4.87. The third-order valence-electron chi connectivity index (χ3n) is 3.44. The number of carboxylic acid groups (broad SMARTS) is 1. The molecule has 13 heavy (non-hydrogen) atoms. The van der Waals surface area contributed by atoms with Crippen LogP contribution in [0.4, 0.5) is 4.79 Å². The molecule has 0 aromatic rings. The average molecular weight is 184 g/mol. The van der Waals surface area contributed by atoms with Crippen LogP contribution in [0.25, 0.3) is 0 Å². The molecule has 1 aliphatic carbocycles. The van der Waals surface area contributed by atoms with E-state index in [1.807, 2.05) is 7.05 Å². The van der Waals surface area contributed by atoms with Gasteiger partial charge in [0, 0.05) is 19.1 Å². The van der Waals surface area contributed by atoms with Gasteiger partial charge in [0.25, 0.3) is 0 Å². The summed E-state index contributed by atoms with van der Waals surface area (Å²) in [6, 6.07) is 0.551. The molecule has 0 radical (unpaired) electrons. The normalized spacial score (nSPS) is 37.9. The van der Waals surface area contributed by atoms with Crippen molar-refractivity contribution < 1.29 is 9.90 Å². The fourth-order valence-corrected chi connectivity index (χ4v) is 2.85. The van der Waals surface area contributed by atoms with Crippen LogP contribution in [0.2, 0.25) is 0 Å². The fraction of sp³-hybridized carbons (Fsp3) is 0.889. The summed E-state index contributed by atoms with van der Waals surface area (Å²) in [6.07, 6.45) is 1.60. The van der Waals surface area contributed by atoms with Crippen molar-refractivity contribution in [3.63, 3.8) is 0 Å². The highest BCUT2D eigenvalue weighted by atomic mass is 16.4. The van der Waals surface area contributed by atoms with Crippen LogP contribution in [-0.2, 0) is 0 Å². The van der Waals surface area contributed by atoms with Crippen LogP contribution >= 0.6 is 0 Å². The molecule has 1 saturated heterocycles. The smallest absolute Gasteiger partial charge is 0.407 e. The Hall–Kier alpha value is -0.770. The number of nitrogens with zero attached hydrogens (tertiary/aromatic N) is 1. The minimum Gasteiger partial charge on any atom is -0.465 e. The summed E-state index contributed by atoms with van der Waals surface area (Å²) in [6.45, 7) is 1.44. The lowest BCUT2D eigenvalue weighted by Gasteiger charge is -2.36. The van der Waals surface area contributed by atoms with Gasteiger partial charge in [-0.3, -0.25) is 0 Å². The van der Waals surface area contributed by atoms with E-state index in [1.165, 1.54) is 12.8 Å². The van der Waals surface area contributed by atoms with Crippen LogP contribution < -0.4 is 5.32 Å². The van der Waals surface area contributed by atoms with Gasteiger partial charge in [-0.1, -0.05) is 0 Å². The molecule has 1 heterocycles. The van der Waals surface area contributed by atoms with Crippen molar-refractivity contribution in [2.24, 2.45) is 11.8 Å². The summed E-state index contributed by atoms with van der Waals surface area (Å²) in [5, 5.41) is 12.2. The highest BCUT2D eigenvalue weighted by molar-refractivity contribution is 5.65. The largest absolute Gasteiger partial charge is 0.465 e. The molecule has 1 aliphatic heterocycles. The predicted molar refractivity (Wildman–Crippen MR) is 48.7 cm³/mol. The van der Waals surface area contributed by atoms with Crippen molar-refractivity contribution in [3.05, 3.63) is 0 Å². The lowest BCUT2D eigenvalue weighted by molar-refractivity contribution is 0.103. The van der Waals surface area contributed by atoms with Crippen LogP contribution in [-0.4, -0.2) is 42.3 Å².